The fraction of sp³-hybridized carbons (Fsp3) is 0.600. The molecule has 0 bridgehead atoms. The highest BCUT2D eigenvalue weighted by atomic mass is 35.5. The number of aromatic carboxylic acids is 1. The van der Waals surface area contributed by atoms with Gasteiger partial charge in [0.1, 0.15) is 11.0 Å². The van der Waals surface area contributed by atoms with Crippen molar-refractivity contribution >= 4 is 17.6 Å². The molecule has 2 rings (SSSR count). The maximum absolute atomic E-state index is 10.8. The lowest BCUT2D eigenvalue weighted by Gasteiger charge is -2.08. The highest BCUT2D eigenvalue weighted by molar-refractivity contribution is 6.32. The molecule has 1 aliphatic rings. The summed E-state index contributed by atoms with van der Waals surface area (Å²) in [5, 5.41) is 9.11. The van der Waals surface area contributed by atoms with Crippen molar-refractivity contribution in [3.63, 3.8) is 0 Å². The molecule has 82 valence electrons. The van der Waals surface area contributed by atoms with Gasteiger partial charge in [-0.3, -0.25) is 0 Å². The van der Waals surface area contributed by atoms with E-state index in [1.165, 1.54) is 12.8 Å². The lowest BCUT2D eigenvalue weighted by atomic mass is 10.1. The second-order valence-electron chi connectivity index (χ2n) is 3.95. The van der Waals surface area contributed by atoms with Crippen molar-refractivity contribution in [1.29, 1.82) is 0 Å². The van der Waals surface area contributed by atoms with Crippen molar-refractivity contribution < 1.29 is 9.90 Å². The predicted octanol–water partition coefficient (Wildman–Crippen LogP) is 2.43. The number of imidazole rings is 1. The number of hydrogen-bond donors (Lipinski definition) is 1. The first kappa shape index (κ1) is 10.5. The molecule has 0 atom stereocenters. The van der Waals surface area contributed by atoms with Gasteiger partial charge in [0.15, 0.2) is 5.69 Å². The SMILES string of the molecule is Cn1c(C2CCCC2)nc(C(=O)O)c1Cl. The molecule has 5 heteroatoms. The van der Waals surface area contributed by atoms with E-state index in [0.717, 1.165) is 18.7 Å². The summed E-state index contributed by atoms with van der Waals surface area (Å²) >= 11 is 5.91. The van der Waals surface area contributed by atoms with Crippen molar-refractivity contribution in [2.24, 2.45) is 7.05 Å². The lowest BCUT2D eigenvalue weighted by molar-refractivity contribution is 0.0691. The first-order valence-corrected chi connectivity index (χ1v) is 5.44. The number of carboxylic acid groups (broad SMARTS) is 1. The molecule has 1 saturated carbocycles. The molecule has 15 heavy (non-hydrogen) atoms. The maximum Gasteiger partial charge on any atom is 0.357 e. The Morgan fingerprint density at radius 1 is 1.53 bits per heavy atom. The second-order valence-corrected chi connectivity index (χ2v) is 4.31. The van der Waals surface area contributed by atoms with E-state index in [1.54, 1.807) is 11.6 Å². The van der Waals surface area contributed by atoms with Gasteiger partial charge in [-0.2, -0.15) is 0 Å². The van der Waals surface area contributed by atoms with Gasteiger partial charge in [-0.15, -0.1) is 0 Å². The van der Waals surface area contributed by atoms with Crippen LogP contribution in [0.15, 0.2) is 0 Å². The van der Waals surface area contributed by atoms with Crippen LogP contribution in [0.5, 0.6) is 0 Å². The Bertz CT molecular complexity index is 394. The summed E-state index contributed by atoms with van der Waals surface area (Å²) in [5.74, 6) is 0.135. The Kier molecular flexibility index (Phi) is 2.69. The largest absolute Gasteiger partial charge is 0.476 e. The summed E-state index contributed by atoms with van der Waals surface area (Å²) in [6.45, 7) is 0. The predicted molar refractivity (Wildman–Crippen MR) is 56.4 cm³/mol. The molecule has 0 amide bonds. The third-order valence-corrected chi connectivity index (χ3v) is 3.42. The molecule has 1 N–H and O–H groups in total. The number of halogens is 1. The van der Waals surface area contributed by atoms with Crippen LogP contribution in [0.1, 0.15) is 47.9 Å². The standard InChI is InChI=1S/C10H13ClN2O2/c1-13-8(11)7(10(14)15)12-9(13)6-4-2-3-5-6/h6H,2-5H2,1H3,(H,14,15). The molecule has 1 aromatic rings. The zero-order chi connectivity index (χ0) is 11.0. The first-order chi connectivity index (χ1) is 7.11. The van der Waals surface area contributed by atoms with Crippen molar-refractivity contribution in [3.05, 3.63) is 16.7 Å². The van der Waals surface area contributed by atoms with Crippen molar-refractivity contribution in [1.82, 2.24) is 9.55 Å². The van der Waals surface area contributed by atoms with Gasteiger partial charge in [0.25, 0.3) is 0 Å². The highest BCUT2D eigenvalue weighted by Crippen LogP contribution is 2.34. The molecule has 0 unspecified atom stereocenters. The normalized spacial score (nSPS) is 17.2. The zero-order valence-electron chi connectivity index (χ0n) is 8.53. The Morgan fingerprint density at radius 3 is 2.60 bits per heavy atom. The molecule has 0 aromatic carbocycles. The van der Waals surface area contributed by atoms with Crippen LogP contribution in [0.4, 0.5) is 0 Å². The van der Waals surface area contributed by atoms with E-state index in [1.807, 2.05) is 0 Å². The molecule has 0 radical (unpaired) electrons. The number of carboxylic acids is 1. The van der Waals surface area contributed by atoms with Crippen LogP contribution in [0, 0.1) is 0 Å². The van der Waals surface area contributed by atoms with Crippen LogP contribution >= 0.6 is 11.6 Å². The summed E-state index contributed by atoms with van der Waals surface area (Å²) in [5.41, 5.74) is -0.0268. The van der Waals surface area contributed by atoms with Gasteiger partial charge in [-0.25, -0.2) is 9.78 Å². The number of carbonyl (C=O) groups is 1. The second kappa shape index (κ2) is 3.85. The van der Waals surface area contributed by atoms with Gasteiger partial charge in [-0.1, -0.05) is 24.4 Å². The number of rotatable bonds is 2. The van der Waals surface area contributed by atoms with Gasteiger partial charge in [0.2, 0.25) is 0 Å². The van der Waals surface area contributed by atoms with Gasteiger partial charge < -0.3 is 9.67 Å². The summed E-state index contributed by atoms with van der Waals surface area (Å²) < 4.78 is 1.70. The molecular formula is C10H13ClN2O2. The number of aromatic nitrogens is 2. The van der Waals surface area contributed by atoms with Crippen LogP contribution in [-0.4, -0.2) is 20.6 Å². The van der Waals surface area contributed by atoms with E-state index in [-0.39, 0.29) is 10.8 Å². The van der Waals surface area contributed by atoms with Crippen LogP contribution in [0.2, 0.25) is 5.15 Å². The van der Waals surface area contributed by atoms with Crippen LogP contribution in [0.3, 0.4) is 0 Å². The van der Waals surface area contributed by atoms with Crippen LogP contribution < -0.4 is 0 Å². The zero-order valence-corrected chi connectivity index (χ0v) is 9.29. The third-order valence-electron chi connectivity index (χ3n) is 2.98. The van der Waals surface area contributed by atoms with Gasteiger partial charge in [0, 0.05) is 13.0 Å². The molecular weight excluding hydrogens is 216 g/mol. The Morgan fingerprint density at radius 2 is 2.13 bits per heavy atom. The van der Waals surface area contributed by atoms with Crippen molar-refractivity contribution in [2.75, 3.05) is 0 Å². The Hall–Kier alpha value is -1.03. The van der Waals surface area contributed by atoms with E-state index in [9.17, 15) is 4.79 Å². The molecule has 1 heterocycles. The third kappa shape index (κ3) is 1.74. The smallest absolute Gasteiger partial charge is 0.357 e. The van der Waals surface area contributed by atoms with Gasteiger partial charge in [-0.05, 0) is 12.8 Å². The van der Waals surface area contributed by atoms with Crippen LogP contribution in [-0.2, 0) is 7.05 Å². The molecule has 4 nitrogen and oxygen atoms in total. The molecule has 0 spiro atoms. The monoisotopic (exact) mass is 228 g/mol. The van der Waals surface area contributed by atoms with Crippen molar-refractivity contribution in [2.45, 2.75) is 31.6 Å². The molecule has 0 saturated heterocycles. The Labute approximate surface area is 92.9 Å². The summed E-state index contributed by atoms with van der Waals surface area (Å²) in [7, 11) is 1.77. The number of hydrogen-bond acceptors (Lipinski definition) is 2. The van der Waals surface area contributed by atoms with Crippen molar-refractivity contribution in [3.8, 4) is 0 Å². The Balaban J connectivity index is 2.39. The van der Waals surface area contributed by atoms with E-state index < -0.39 is 5.97 Å². The highest BCUT2D eigenvalue weighted by Gasteiger charge is 2.26. The average Bonchev–Trinajstić information content (AvgIpc) is 2.77. The molecule has 1 aromatic heterocycles. The minimum atomic E-state index is -1.06. The van der Waals surface area contributed by atoms with Gasteiger partial charge in [0.05, 0.1) is 0 Å². The first-order valence-electron chi connectivity index (χ1n) is 5.06. The van der Waals surface area contributed by atoms with Gasteiger partial charge >= 0.3 is 5.97 Å². The summed E-state index contributed by atoms with van der Waals surface area (Å²) in [4.78, 5) is 15.0. The van der Waals surface area contributed by atoms with E-state index in [0.29, 0.717) is 5.92 Å². The minimum absolute atomic E-state index is 0.0268. The summed E-state index contributed by atoms with van der Waals surface area (Å²) in [6.07, 6.45) is 4.55. The maximum atomic E-state index is 10.8. The van der Waals surface area contributed by atoms with Crippen LogP contribution in [0.25, 0.3) is 0 Å². The quantitative estimate of drug-likeness (QED) is 0.846. The van der Waals surface area contributed by atoms with E-state index >= 15 is 0 Å². The minimum Gasteiger partial charge on any atom is -0.476 e. The number of nitrogens with zero attached hydrogens (tertiary/aromatic N) is 2. The van der Waals surface area contributed by atoms with E-state index in [2.05, 4.69) is 4.98 Å². The fourth-order valence-electron chi connectivity index (χ4n) is 2.18. The van der Waals surface area contributed by atoms with E-state index in [4.69, 9.17) is 16.7 Å². The topological polar surface area (TPSA) is 55.1 Å². The lowest BCUT2D eigenvalue weighted by Crippen LogP contribution is -2.02. The average molecular weight is 229 g/mol. The molecule has 1 aliphatic carbocycles. The fourth-order valence-corrected chi connectivity index (χ4v) is 2.39. The molecule has 1 fully saturated rings. The summed E-state index contributed by atoms with van der Waals surface area (Å²) in [6, 6.07) is 0. The molecule has 0 aliphatic heterocycles.